The van der Waals surface area contributed by atoms with Crippen molar-refractivity contribution in [3.63, 3.8) is 0 Å². The van der Waals surface area contributed by atoms with E-state index in [2.05, 4.69) is 5.32 Å². The standard InChI is InChI=1S/C15H24N2O3S/c1-12(2)17(3)11-15(18)16-10-9-13-5-7-14(8-6-13)21(4,19)20/h5-8,12H,9-11H2,1-4H3,(H,16,18). The molecule has 0 bridgehead atoms. The van der Waals surface area contributed by atoms with E-state index in [0.717, 1.165) is 5.56 Å². The molecule has 0 saturated heterocycles. The third-order valence-electron chi connectivity index (χ3n) is 3.36. The Labute approximate surface area is 127 Å². The molecule has 5 nitrogen and oxygen atoms in total. The summed E-state index contributed by atoms with van der Waals surface area (Å²) >= 11 is 0. The van der Waals surface area contributed by atoms with E-state index in [0.29, 0.717) is 30.4 Å². The molecule has 0 atom stereocenters. The molecular weight excluding hydrogens is 288 g/mol. The third kappa shape index (κ3) is 6.27. The van der Waals surface area contributed by atoms with Crippen molar-refractivity contribution in [2.75, 3.05) is 26.4 Å². The molecule has 1 rings (SSSR count). The average Bonchev–Trinajstić information content (AvgIpc) is 2.38. The van der Waals surface area contributed by atoms with E-state index in [1.165, 1.54) is 6.26 Å². The largest absolute Gasteiger partial charge is 0.355 e. The molecule has 0 spiro atoms. The Balaban J connectivity index is 2.41. The van der Waals surface area contributed by atoms with Gasteiger partial charge in [-0.15, -0.1) is 0 Å². The summed E-state index contributed by atoms with van der Waals surface area (Å²) < 4.78 is 22.7. The maximum absolute atomic E-state index is 11.7. The van der Waals surface area contributed by atoms with Crippen LogP contribution in [0.25, 0.3) is 0 Å². The van der Waals surface area contributed by atoms with Gasteiger partial charge in [-0.2, -0.15) is 0 Å². The highest BCUT2D eigenvalue weighted by Gasteiger charge is 2.09. The number of hydrogen-bond donors (Lipinski definition) is 1. The molecule has 0 saturated carbocycles. The summed E-state index contributed by atoms with van der Waals surface area (Å²) in [4.78, 5) is 14.0. The van der Waals surface area contributed by atoms with Crippen LogP contribution in [0.5, 0.6) is 0 Å². The van der Waals surface area contributed by atoms with Crippen molar-refractivity contribution in [2.24, 2.45) is 0 Å². The van der Waals surface area contributed by atoms with Crippen molar-refractivity contribution in [2.45, 2.75) is 31.2 Å². The maximum Gasteiger partial charge on any atom is 0.234 e. The van der Waals surface area contributed by atoms with Crippen LogP contribution in [0.15, 0.2) is 29.2 Å². The number of sulfone groups is 1. The first-order chi connectivity index (χ1) is 9.70. The van der Waals surface area contributed by atoms with Gasteiger partial charge >= 0.3 is 0 Å². The van der Waals surface area contributed by atoms with Crippen LogP contribution in [-0.4, -0.2) is 51.7 Å². The van der Waals surface area contributed by atoms with Gasteiger partial charge in [0.2, 0.25) is 5.91 Å². The summed E-state index contributed by atoms with van der Waals surface area (Å²) in [6.45, 7) is 5.00. The Hall–Kier alpha value is -1.40. The van der Waals surface area contributed by atoms with Gasteiger partial charge in [0.05, 0.1) is 11.4 Å². The third-order valence-corrected chi connectivity index (χ3v) is 4.49. The molecule has 6 heteroatoms. The maximum atomic E-state index is 11.7. The lowest BCUT2D eigenvalue weighted by Crippen LogP contribution is -2.39. The lowest BCUT2D eigenvalue weighted by Gasteiger charge is -2.20. The van der Waals surface area contributed by atoms with Gasteiger partial charge in [-0.1, -0.05) is 12.1 Å². The van der Waals surface area contributed by atoms with Gasteiger partial charge in [0.15, 0.2) is 9.84 Å². The lowest BCUT2D eigenvalue weighted by atomic mass is 10.1. The van der Waals surface area contributed by atoms with Crippen LogP contribution in [0.1, 0.15) is 19.4 Å². The number of carbonyl (C=O) groups is 1. The number of rotatable bonds is 7. The fourth-order valence-corrected chi connectivity index (χ4v) is 2.35. The average molecular weight is 312 g/mol. The molecule has 0 aromatic heterocycles. The van der Waals surface area contributed by atoms with E-state index in [1.807, 2.05) is 25.8 Å². The van der Waals surface area contributed by atoms with E-state index in [-0.39, 0.29) is 5.91 Å². The molecular formula is C15H24N2O3S. The molecule has 21 heavy (non-hydrogen) atoms. The molecule has 0 aliphatic heterocycles. The zero-order valence-electron chi connectivity index (χ0n) is 13.1. The van der Waals surface area contributed by atoms with Gasteiger partial charge in [0, 0.05) is 18.8 Å². The summed E-state index contributed by atoms with van der Waals surface area (Å²) in [7, 11) is -1.24. The minimum atomic E-state index is -3.15. The summed E-state index contributed by atoms with van der Waals surface area (Å²) in [6, 6.07) is 7.09. The van der Waals surface area contributed by atoms with Crippen LogP contribution < -0.4 is 5.32 Å². The number of nitrogens with zero attached hydrogens (tertiary/aromatic N) is 1. The van der Waals surface area contributed by atoms with Crippen molar-refractivity contribution in [3.8, 4) is 0 Å². The Morgan fingerprint density at radius 3 is 2.29 bits per heavy atom. The molecule has 0 aliphatic rings. The number of benzene rings is 1. The zero-order valence-corrected chi connectivity index (χ0v) is 13.9. The van der Waals surface area contributed by atoms with Gasteiger partial charge in [-0.3, -0.25) is 9.69 Å². The van der Waals surface area contributed by atoms with Gasteiger partial charge in [0.25, 0.3) is 0 Å². The van der Waals surface area contributed by atoms with E-state index < -0.39 is 9.84 Å². The van der Waals surface area contributed by atoms with E-state index >= 15 is 0 Å². The molecule has 0 unspecified atom stereocenters. The number of nitrogens with one attached hydrogen (secondary N) is 1. The first kappa shape index (κ1) is 17.7. The molecule has 1 aromatic rings. The Bertz CT molecular complexity index is 565. The van der Waals surface area contributed by atoms with Crippen LogP contribution in [0, 0.1) is 0 Å². The molecule has 1 amide bonds. The highest BCUT2D eigenvalue weighted by atomic mass is 32.2. The van der Waals surface area contributed by atoms with Crippen molar-refractivity contribution >= 4 is 15.7 Å². The second-order valence-corrected chi connectivity index (χ2v) is 7.54. The zero-order chi connectivity index (χ0) is 16.0. The summed E-state index contributed by atoms with van der Waals surface area (Å²) in [5.41, 5.74) is 1.000. The van der Waals surface area contributed by atoms with Crippen molar-refractivity contribution in [3.05, 3.63) is 29.8 Å². The highest BCUT2D eigenvalue weighted by molar-refractivity contribution is 7.90. The van der Waals surface area contributed by atoms with Crippen LogP contribution in [0.2, 0.25) is 0 Å². The second-order valence-electron chi connectivity index (χ2n) is 5.52. The van der Waals surface area contributed by atoms with Crippen molar-refractivity contribution in [1.82, 2.24) is 10.2 Å². The van der Waals surface area contributed by atoms with Gasteiger partial charge in [0.1, 0.15) is 0 Å². The van der Waals surface area contributed by atoms with Crippen LogP contribution in [0.4, 0.5) is 0 Å². The Morgan fingerprint density at radius 2 is 1.81 bits per heavy atom. The molecule has 118 valence electrons. The molecule has 1 aromatic carbocycles. The molecule has 0 fully saturated rings. The summed E-state index contributed by atoms with van der Waals surface area (Å²) in [5.74, 6) is -0.000967. The van der Waals surface area contributed by atoms with E-state index in [4.69, 9.17) is 0 Å². The number of hydrogen-bond acceptors (Lipinski definition) is 4. The predicted octanol–water partition coefficient (Wildman–Crippen LogP) is 1.09. The number of amides is 1. The number of carbonyl (C=O) groups excluding carboxylic acids is 1. The first-order valence-corrected chi connectivity index (χ1v) is 8.85. The highest BCUT2D eigenvalue weighted by Crippen LogP contribution is 2.10. The van der Waals surface area contributed by atoms with Crippen molar-refractivity contribution < 1.29 is 13.2 Å². The van der Waals surface area contributed by atoms with Gasteiger partial charge in [-0.05, 0) is 45.0 Å². The molecule has 0 radical (unpaired) electrons. The monoisotopic (exact) mass is 312 g/mol. The van der Waals surface area contributed by atoms with Gasteiger partial charge < -0.3 is 5.32 Å². The Kier molecular flexibility index (Phi) is 6.36. The lowest BCUT2D eigenvalue weighted by molar-refractivity contribution is -0.122. The van der Waals surface area contributed by atoms with Gasteiger partial charge in [-0.25, -0.2) is 8.42 Å². The first-order valence-electron chi connectivity index (χ1n) is 6.96. The summed E-state index contributed by atoms with van der Waals surface area (Å²) in [6.07, 6.45) is 1.87. The Morgan fingerprint density at radius 1 is 1.24 bits per heavy atom. The SMILES string of the molecule is CC(C)N(C)CC(=O)NCCc1ccc(S(C)(=O)=O)cc1. The molecule has 1 N–H and O–H groups in total. The van der Waals surface area contributed by atoms with E-state index in [9.17, 15) is 13.2 Å². The fourth-order valence-electron chi connectivity index (χ4n) is 1.71. The quantitative estimate of drug-likeness (QED) is 0.818. The predicted molar refractivity (Wildman–Crippen MR) is 84.0 cm³/mol. The fraction of sp³-hybridized carbons (Fsp3) is 0.533. The minimum Gasteiger partial charge on any atom is -0.355 e. The van der Waals surface area contributed by atoms with Crippen LogP contribution >= 0.6 is 0 Å². The topological polar surface area (TPSA) is 66.5 Å². The van der Waals surface area contributed by atoms with E-state index in [1.54, 1.807) is 24.3 Å². The minimum absolute atomic E-state index is 0.000967. The summed E-state index contributed by atoms with van der Waals surface area (Å²) in [5, 5.41) is 2.86. The van der Waals surface area contributed by atoms with Crippen molar-refractivity contribution in [1.29, 1.82) is 0 Å². The molecule has 0 aliphatic carbocycles. The van der Waals surface area contributed by atoms with Crippen LogP contribution in [-0.2, 0) is 21.1 Å². The molecule has 0 heterocycles. The second kappa shape index (κ2) is 7.56. The normalized spacial score (nSPS) is 11.9. The smallest absolute Gasteiger partial charge is 0.234 e. The number of likely N-dealkylation sites (N-methyl/N-ethyl adjacent to an activating group) is 1. The van der Waals surface area contributed by atoms with Crippen LogP contribution in [0.3, 0.4) is 0 Å².